The minimum Gasteiger partial charge on any atom is -0.480 e. The highest BCUT2D eigenvalue weighted by Gasteiger charge is 2.40. The van der Waals surface area contributed by atoms with Gasteiger partial charge in [-0.05, 0) is 18.9 Å². The van der Waals surface area contributed by atoms with E-state index in [4.69, 9.17) is 0 Å². The molecule has 2 N–H and O–H groups in total. The SMILES string of the molecule is CCC(CC)(NS(=O)(=O)c1ccnn1C)C(=O)O. The molecule has 0 fully saturated rings. The van der Waals surface area contributed by atoms with Crippen LogP contribution in [-0.4, -0.2) is 34.8 Å². The molecule has 0 unspecified atom stereocenters. The first-order chi connectivity index (χ1) is 8.29. The summed E-state index contributed by atoms with van der Waals surface area (Å²) in [5, 5.41) is 12.9. The summed E-state index contributed by atoms with van der Waals surface area (Å²) >= 11 is 0. The minimum absolute atomic E-state index is 0.0602. The first-order valence-corrected chi connectivity index (χ1v) is 7.02. The molecule has 0 aliphatic heterocycles. The number of aliphatic carboxylic acids is 1. The van der Waals surface area contributed by atoms with Gasteiger partial charge in [-0.3, -0.25) is 9.48 Å². The first kappa shape index (κ1) is 14.7. The molecule has 1 heterocycles. The van der Waals surface area contributed by atoms with Gasteiger partial charge in [-0.15, -0.1) is 0 Å². The Balaban J connectivity index is 3.16. The van der Waals surface area contributed by atoms with Gasteiger partial charge < -0.3 is 5.11 Å². The topological polar surface area (TPSA) is 101 Å². The first-order valence-electron chi connectivity index (χ1n) is 5.54. The minimum atomic E-state index is -3.90. The number of hydrogen-bond acceptors (Lipinski definition) is 4. The highest BCUT2D eigenvalue weighted by Crippen LogP contribution is 2.19. The fraction of sp³-hybridized carbons (Fsp3) is 0.600. The van der Waals surface area contributed by atoms with Crippen molar-refractivity contribution < 1.29 is 18.3 Å². The molecule has 1 aromatic heterocycles. The fourth-order valence-electron chi connectivity index (χ4n) is 1.68. The zero-order valence-corrected chi connectivity index (χ0v) is 11.4. The summed E-state index contributed by atoms with van der Waals surface area (Å²) in [6, 6.07) is 1.32. The predicted octanol–water partition coefficient (Wildman–Crippen LogP) is 0.342. The second kappa shape index (κ2) is 5.07. The number of nitrogens with zero attached hydrogens (tertiary/aromatic N) is 2. The number of sulfonamides is 1. The second-order valence-corrected chi connectivity index (χ2v) is 5.62. The van der Waals surface area contributed by atoms with Crippen molar-refractivity contribution in [1.29, 1.82) is 0 Å². The van der Waals surface area contributed by atoms with Crippen molar-refractivity contribution in [2.24, 2.45) is 7.05 Å². The molecule has 0 saturated heterocycles. The third kappa shape index (κ3) is 2.54. The molecule has 0 aliphatic rings. The van der Waals surface area contributed by atoms with E-state index in [1.807, 2.05) is 0 Å². The van der Waals surface area contributed by atoms with Crippen LogP contribution >= 0.6 is 0 Å². The Morgan fingerprint density at radius 3 is 2.39 bits per heavy atom. The van der Waals surface area contributed by atoms with E-state index in [1.54, 1.807) is 13.8 Å². The van der Waals surface area contributed by atoms with Crippen molar-refractivity contribution in [3.8, 4) is 0 Å². The Kier molecular flexibility index (Phi) is 4.12. The molecular formula is C10H17N3O4S. The summed E-state index contributed by atoms with van der Waals surface area (Å²) in [6.45, 7) is 3.26. The average Bonchev–Trinajstić information content (AvgIpc) is 2.73. The van der Waals surface area contributed by atoms with Gasteiger partial charge in [0.2, 0.25) is 0 Å². The molecule has 0 amide bonds. The summed E-state index contributed by atoms with van der Waals surface area (Å²) in [6.07, 6.45) is 1.67. The Labute approximate surface area is 106 Å². The molecule has 0 spiro atoms. The third-order valence-electron chi connectivity index (χ3n) is 3.00. The van der Waals surface area contributed by atoms with E-state index in [0.717, 1.165) is 0 Å². The van der Waals surface area contributed by atoms with Crippen LogP contribution in [0, 0.1) is 0 Å². The van der Waals surface area contributed by atoms with Crippen LogP contribution in [0.15, 0.2) is 17.3 Å². The number of carbonyl (C=O) groups is 1. The maximum Gasteiger partial charge on any atom is 0.324 e. The van der Waals surface area contributed by atoms with Gasteiger partial charge >= 0.3 is 5.97 Å². The van der Waals surface area contributed by atoms with E-state index in [-0.39, 0.29) is 17.9 Å². The molecule has 102 valence electrons. The second-order valence-electron chi connectivity index (χ2n) is 3.99. The van der Waals surface area contributed by atoms with E-state index >= 15 is 0 Å². The van der Waals surface area contributed by atoms with Gasteiger partial charge in [0, 0.05) is 7.05 Å². The molecule has 0 aliphatic carbocycles. The Bertz CT molecular complexity index is 531. The molecular weight excluding hydrogens is 258 g/mol. The predicted molar refractivity (Wildman–Crippen MR) is 64.5 cm³/mol. The van der Waals surface area contributed by atoms with Crippen LogP contribution in [0.2, 0.25) is 0 Å². The summed E-state index contributed by atoms with van der Waals surface area (Å²) < 4.78 is 27.7. The van der Waals surface area contributed by atoms with Crippen LogP contribution in [0.3, 0.4) is 0 Å². The zero-order chi connectivity index (χ0) is 14.0. The number of aryl methyl sites for hydroxylation is 1. The number of carboxylic acid groups (broad SMARTS) is 1. The molecule has 0 saturated carbocycles. The number of carboxylic acids is 1. The van der Waals surface area contributed by atoms with Crippen LogP contribution in [0.4, 0.5) is 0 Å². The molecule has 18 heavy (non-hydrogen) atoms. The number of nitrogens with one attached hydrogen (secondary N) is 1. The van der Waals surface area contributed by atoms with Gasteiger partial charge in [0.1, 0.15) is 5.54 Å². The van der Waals surface area contributed by atoms with E-state index in [9.17, 15) is 18.3 Å². The maximum absolute atomic E-state index is 12.1. The Hall–Kier alpha value is -1.41. The van der Waals surface area contributed by atoms with Crippen LogP contribution in [0.1, 0.15) is 26.7 Å². The fourth-order valence-corrected chi connectivity index (χ4v) is 3.31. The van der Waals surface area contributed by atoms with Crippen LogP contribution in [0.25, 0.3) is 0 Å². The van der Waals surface area contributed by atoms with Gasteiger partial charge in [-0.2, -0.15) is 9.82 Å². The summed E-state index contributed by atoms with van der Waals surface area (Å²) in [5.74, 6) is -1.18. The summed E-state index contributed by atoms with van der Waals surface area (Å²) in [7, 11) is -2.42. The van der Waals surface area contributed by atoms with E-state index < -0.39 is 21.5 Å². The normalized spacial score (nSPS) is 12.6. The highest BCUT2D eigenvalue weighted by molar-refractivity contribution is 7.89. The molecule has 0 aromatic carbocycles. The Morgan fingerprint density at radius 1 is 1.50 bits per heavy atom. The highest BCUT2D eigenvalue weighted by atomic mass is 32.2. The van der Waals surface area contributed by atoms with Crippen molar-refractivity contribution >= 4 is 16.0 Å². The number of aromatic nitrogens is 2. The van der Waals surface area contributed by atoms with Gasteiger partial charge in [-0.25, -0.2) is 8.42 Å². The van der Waals surface area contributed by atoms with Gasteiger partial charge in [0.15, 0.2) is 5.03 Å². The molecule has 0 bridgehead atoms. The quantitative estimate of drug-likeness (QED) is 0.779. The van der Waals surface area contributed by atoms with Gasteiger partial charge in [-0.1, -0.05) is 13.8 Å². The standard InChI is InChI=1S/C10H17N3O4S/c1-4-10(5-2,9(14)15)12-18(16,17)8-6-7-11-13(8)3/h6-7,12H,4-5H2,1-3H3,(H,14,15). The largest absolute Gasteiger partial charge is 0.480 e. The number of hydrogen-bond donors (Lipinski definition) is 2. The van der Waals surface area contributed by atoms with E-state index in [2.05, 4.69) is 9.82 Å². The lowest BCUT2D eigenvalue weighted by Crippen LogP contribution is -2.53. The molecule has 0 radical (unpaired) electrons. The average molecular weight is 275 g/mol. The van der Waals surface area contributed by atoms with Gasteiger partial charge in [0.25, 0.3) is 10.0 Å². The van der Waals surface area contributed by atoms with Crippen molar-refractivity contribution in [1.82, 2.24) is 14.5 Å². The molecule has 8 heteroatoms. The van der Waals surface area contributed by atoms with E-state index in [0.29, 0.717) is 0 Å². The summed E-state index contributed by atoms with van der Waals surface area (Å²) in [5.41, 5.74) is -1.48. The molecule has 1 aromatic rings. The zero-order valence-electron chi connectivity index (χ0n) is 10.5. The van der Waals surface area contributed by atoms with Crippen LogP contribution in [0.5, 0.6) is 0 Å². The van der Waals surface area contributed by atoms with Crippen molar-refractivity contribution in [2.75, 3.05) is 0 Å². The lowest BCUT2D eigenvalue weighted by Gasteiger charge is -2.27. The number of rotatable bonds is 6. The van der Waals surface area contributed by atoms with Crippen LogP contribution in [-0.2, 0) is 21.9 Å². The molecule has 0 atom stereocenters. The molecule has 7 nitrogen and oxygen atoms in total. The Morgan fingerprint density at radius 2 is 2.06 bits per heavy atom. The van der Waals surface area contributed by atoms with Crippen molar-refractivity contribution in [3.05, 3.63) is 12.3 Å². The molecule has 1 rings (SSSR count). The van der Waals surface area contributed by atoms with Crippen molar-refractivity contribution in [2.45, 2.75) is 37.3 Å². The monoisotopic (exact) mass is 275 g/mol. The van der Waals surface area contributed by atoms with E-state index in [1.165, 1.54) is 24.0 Å². The van der Waals surface area contributed by atoms with Crippen molar-refractivity contribution in [3.63, 3.8) is 0 Å². The summed E-state index contributed by atoms with van der Waals surface area (Å²) in [4.78, 5) is 11.3. The van der Waals surface area contributed by atoms with Gasteiger partial charge in [0.05, 0.1) is 6.20 Å². The lowest BCUT2D eigenvalue weighted by molar-refractivity contribution is -0.144. The lowest BCUT2D eigenvalue weighted by atomic mass is 9.95. The maximum atomic E-state index is 12.1. The smallest absolute Gasteiger partial charge is 0.324 e. The third-order valence-corrected chi connectivity index (χ3v) is 4.61. The van der Waals surface area contributed by atoms with Crippen LogP contribution < -0.4 is 4.72 Å².